The molecule has 0 bridgehead atoms. The monoisotopic (exact) mass is 514 g/mol. The average Bonchev–Trinajstić information content (AvgIpc) is 2.94. The second-order valence-electron chi connectivity index (χ2n) is 10.4. The van der Waals surface area contributed by atoms with Crippen LogP contribution in [-0.4, -0.2) is 12.1 Å². The largest absolute Gasteiger partial charge is 0.491 e. The first-order valence-electron chi connectivity index (χ1n) is 14.8. The molecule has 0 heterocycles. The highest BCUT2D eigenvalue weighted by molar-refractivity contribution is 5.91. The molecule has 0 aliphatic carbocycles. The smallest absolute Gasteiger partial charge is 0.343 e. The van der Waals surface area contributed by atoms with Crippen molar-refractivity contribution >= 4 is 5.97 Å². The molecule has 0 amide bonds. The van der Waals surface area contributed by atoms with Crippen molar-refractivity contribution in [3.05, 3.63) is 83.9 Å². The second-order valence-corrected chi connectivity index (χ2v) is 10.4. The van der Waals surface area contributed by atoms with E-state index in [-0.39, 0.29) is 12.1 Å². The zero-order valence-electron chi connectivity index (χ0n) is 23.7. The summed E-state index contributed by atoms with van der Waals surface area (Å²) in [6.07, 6.45) is 15.3. The van der Waals surface area contributed by atoms with Crippen LogP contribution >= 0.6 is 0 Å². The van der Waals surface area contributed by atoms with Gasteiger partial charge in [0.2, 0.25) is 0 Å². The third kappa shape index (κ3) is 10.4. The molecule has 0 aliphatic heterocycles. The molecule has 3 rings (SSSR count). The lowest BCUT2D eigenvalue weighted by Crippen LogP contribution is -2.12. The maximum absolute atomic E-state index is 12.6. The second kappa shape index (κ2) is 16.7. The first kappa shape index (κ1) is 29.5. The molecule has 0 fully saturated rings. The van der Waals surface area contributed by atoms with Gasteiger partial charge in [-0.25, -0.2) is 4.79 Å². The summed E-state index contributed by atoms with van der Waals surface area (Å²) in [4.78, 5) is 12.6. The maximum atomic E-state index is 12.6. The highest BCUT2D eigenvalue weighted by Gasteiger charge is 2.10. The highest BCUT2D eigenvalue weighted by Crippen LogP contribution is 2.24. The molecule has 0 radical (unpaired) electrons. The molecule has 3 nitrogen and oxygen atoms in total. The number of ether oxygens (including phenoxy) is 2. The molecule has 0 aliphatic rings. The number of unbranched alkanes of at least 4 members (excludes halogenated alkanes) is 8. The molecular formula is C35H46O3. The predicted molar refractivity (Wildman–Crippen MR) is 159 cm³/mol. The minimum atomic E-state index is -0.365. The number of carbonyl (C=O) groups is 1. The molecule has 0 aromatic heterocycles. The van der Waals surface area contributed by atoms with Crippen molar-refractivity contribution in [1.82, 2.24) is 0 Å². The minimum Gasteiger partial charge on any atom is -0.491 e. The van der Waals surface area contributed by atoms with E-state index in [0.29, 0.717) is 11.3 Å². The van der Waals surface area contributed by atoms with E-state index in [1.807, 2.05) is 36.4 Å². The van der Waals surface area contributed by atoms with Crippen LogP contribution in [0.3, 0.4) is 0 Å². The molecule has 204 valence electrons. The van der Waals surface area contributed by atoms with E-state index in [4.69, 9.17) is 9.47 Å². The van der Waals surface area contributed by atoms with Crippen LogP contribution in [-0.2, 0) is 6.42 Å². The first-order valence-corrected chi connectivity index (χ1v) is 14.8. The standard InChI is InChI=1S/C35H46O3/c1-4-6-8-10-11-13-15-29-16-18-30(19-17-29)31-20-24-34(25-21-31)38-35(36)32-22-26-33(27-23-32)37-28(3)14-12-9-7-5-2/h16-28H,4-15H2,1-3H3/t28-/m0/s1. The average molecular weight is 515 g/mol. The van der Waals surface area contributed by atoms with Gasteiger partial charge in [-0.1, -0.05) is 102 Å². The van der Waals surface area contributed by atoms with Crippen molar-refractivity contribution in [2.45, 2.75) is 104 Å². The summed E-state index contributed by atoms with van der Waals surface area (Å²) in [5.41, 5.74) is 4.19. The third-order valence-electron chi connectivity index (χ3n) is 7.06. The van der Waals surface area contributed by atoms with Gasteiger partial charge in [0.1, 0.15) is 11.5 Å². The summed E-state index contributed by atoms with van der Waals surface area (Å²) in [6, 6.07) is 23.8. The first-order chi connectivity index (χ1) is 18.6. The quantitative estimate of drug-likeness (QED) is 0.102. The van der Waals surface area contributed by atoms with Crippen LogP contribution in [0.1, 0.15) is 107 Å². The summed E-state index contributed by atoms with van der Waals surface area (Å²) in [5, 5.41) is 0. The zero-order chi connectivity index (χ0) is 27.0. The van der Waals surface area contributed by atoms with Gasteiger partial charge in [-0.3, -0.25) is 0 Å². The number of carbonyl (C=O) groups excluding carboxylic acids is 1. The molecule has 0 saturated heterocycles. The van der Waals surface area contributed by atoms with E-state index in [1.165, 1.54) is 75.3 Å². The predicted octanol–water partition coefficient (Wildman–Crippen LogP) is 10.2. The minimum absolute atomic E-state index is 0.166. The Kier molecular flexibility index (Phi) is 13.0. The van der Waals surface area contributed by atoms with Gasteiger partial charge < -0.3 is 9.47 Å². The molecule has 38 heavy (non-hydrogen) atoms. The Bertz CT molecular complexity index is 1050. The molecule has 3 heteroatoms. The summed E-state index contributed by atoms with van der Waals surface area (Å²) in [5.74, 6) is 0.960. The maximum Gasteiger partial charge on any atom is 0.343 e. The fourth-order valence-corrected chi connectivity index (χ4v) is 4.67. The van der Waals surface area contributed by atoms with Gasteiger partial charge in [0.25, 0.3) is 0 Å². The zero-order valence-corrected chi connectivity index (χ0v) is 23.7. The SMILES string of the molecule is CCCCCCCCc1ccc(-c2ccc(OC(=O)c3ccc(O[C@@H](C)CCCCCC)cc3)cc2)cc1. The Morgan fingerprint density at radius 2 is 1.16 bits per heavy atom. The molecule has 0 saturated carbocycles. The van der Waals surface area contributed by atoms with E-state index < -0.39 is 0 Å². The molecule has 0 spiro atoms. The van der Waals surface area contributed by atoms with Gasteiger partial charge in [0, 0.05) is 0 Å². The highest BCUT2D eigenvalue weighted by atomic mass is 16.5. The fourth-order valence-electron chi connectivity index (χ4n) is 4.67. The van der Waals surface area contributed by atoms with Gasteiger partial charge in [0.15, 0.2) is 0 Å². The van der Waals surface area contributed by atoms with Gasteiger partial charge in [0.05, 0.1) is 11.7 Å². The summed E-state index contributed by atoms with van der Waals surface area (Å²) >= 11 is 0. The summed E-state index contributed by atoms with van der Waals surface area (Å²) < 4.78 is 11.6. The van der Waals surface area contributed by atoms with Gasteiger partial charge in [-0.05, 0) is 85.7 Å². The van der Waals surface area contributed by atoms with Crippen molar-refractivity contribution in [2.75, 3.05) is 0 Å². The molecule has 0 N–H and O–H groups in total. The van der Waals surface area contributed by atoms with E-state index in [2.05, 4.69) is 45.0 Å². The molecule has 3 aromatic carbocycles. The van der Waals surface area contributed by atoms with Crippen molar-refractivity contribution < 1.29 is 14.3 Å². The number of hydrogen-bond acceptors (Lipinski definition) is 3. The Morgan fingerprint density at radius 3 is 1.79 bits per heavy atom. The summed E-state index contributed by atoms with van der Waals surface area (Å²) in [6.45, 7) is 6.58. The van der Waals surface area contributed by atoms with Crippen LogP contribution in [0, 0.1) is 0 Å². The molecular weight excluding hydrogens is 468 g/mol. The van der Waals surface area contributed by atoms with E-state index in [9.17, 15) is 4.79 Å². The van der Waals surface area contributed by atoms with Crippen molar-refractivity contribution in [3.63, 3.8) is 0 Å². The Hall–Kier alpha value is -3.07. The normalized spacial score (nSPS) is 11.8. The molecule has 0 unspecified atom stereocenters. The number of benzene rings is 3. The Labute approximate surface area is 230 Å². The van der Waals surface area contributed by atoms with Gasteiger partial charge in [-0.2, -0.15) is 0 Å². The van der Waals surface area contributed by atoms with Crippen LogP contribution in [0.5, 0.6) is 11.5 Å². The van der Waals surface area contributed by atoms with Gasteiger partial charge >= 0.3 is 5.97 Å². The van der Waals surface area contributed by atoms with E-state index in [0.717, 1.165) is 24.2 Å². The molecule has 1 atom stereocenters. The number of esters is 1. The van der Waals surface area contributed by atoms with Crippen molar-refractivity contribution in [3.8, 4) is 22.6 Å². The topological polar surface area (TPSA) is 35.5 Å². The van der Waals surface area contributed by atoms with Crippen LogP contribution in [0.4, 0.5) is 0 Å². The fraction of sp³-hybridized carbons (Fsp3) is 0.457. The number of aryl methyl sites for hydroxylation is 1. The van der Waals surface area contributed by atoms with Gasteiger partial charge in [-0.15, -0.1) is 0 Å². The number of rotatable bonds is 17. The van der Waals surface area contributed by atoms with E-state index in [1.54, 1.807) is 12.1 Å². The van der Waals surface area contributed by atoms with Crippen LogP contribution in [0.15, 0.2) is 72.8 Å². The molecule has 3 aromatic rings. The van der Waals surface area contributed by atoms with Crippen molar-refractivity contribution in [2.24, 2.45) is 0 Å². The lowest BCUT2D eigenvalue weighted by Gasteiger charge is -2.14. The Balaban J connectivity index is 1.45. The summed E-state index contributed by atoms with van der Waals surface area (Å²) in [7, 11) is 0. The third-order valence-corrected chi connectivity index (χ3v) is 7.06. The number of hydrogen-bond donors (Lipinski definition) is 0. The van der Waals surface area contributed by atoms with Crippen molar-refractivity contribution in [1.29, 1.82) is 0 Å². The van der Waals surface area contributed by atoms with Crippen LogP contribution in [0.25, 0.3) is 11.1 Å². The Morgan fingerprint density at radius 1 is 0.632 bits per heavy atom. The lowest BCUT2D eigenvalue weighted by atomic mass is 10.0. The van der Waals surface area contributed by atoms with E-state index >= 15 is 0 Å². The lowest BCUT2D eigenvalue weighted by molar-refractivity contribution is 0.0734. The van der Waals surface area contributed by atoms with Crippen LogP contribution in [0.2, 0.25) is 0 Å². The van der Waals surface area contributed by atoms with Crippen LogP contribution < -0.4 is 9.47 Å².